The lowest BCUT2D eigenvalue weighted by molar-refractivity contribution is -0.137. The summed E-state index contributed by atoms with van der Waals surface area (Å²) in [7, 11) is 0. The molecular weight excluding hydrogens is 208 g/mol. The van der Waals surface area contributed by atoms with E-state index in [1.54, 1.807) is 6.92 Å². The maximum atomic E-state index is 12.9. The predicted molar refractivity (Wildman–Crippen MR) is 50.7 cm³/mol. The van der Waals surface area contributed by atoms with Gasteiger partial charge in [-0.3, -0.25) is 0 Å². The average Bonchev–Trinajstić information content (AvgIpc) is 2.14. The second kappa shape index (κ2) is 4.04. The third-order valence-electron chi connectivity index (χ3n) is 2.06. The SMILES string of the molecule is C=C(CC)c1cc(F)cc(C(F)(F)F)c1. The minimum absolute atomic E-state index is 0.199. The molecule has 0 atom stereocenters. The molecule has 0 saturated carbocycles. The highest BCUT2D eigenvalue weighted by atomic mass is 19.4. The van der Waals surface area contributed by atoms with Gasteiger partial charge in [0.2, 0.25) is 0 Å². The molecule has 82 valence electrons. The zero-order valence-electron chi connectivity index (χ0n) is 8.16. The Labute approximate surface area is 85.2 Å². The lowest BCUT2D eigenvalue weighted by atomic mass is 10.0. The summed E-state index contributed by atoms with van der Waals surface area (Å²) in [6.07, 6.45) is -4.04. The summed E-state index contributed by atoms with van der Waals surface area (Å²) >= 11 is 0. The summed E-state index contributed by atoms with van der Waals surface area (Å²) in [5, 5.41) is 0. The lowest BCUT2D eigenvalue weighted by Crippen LogP contribution is -2.06. The van der Waals surface area contributed by atoms with Crippen LogP contribution >= 0.6 is 0 Å². The van der Waals surface area contributed by atoms with Crippen molar-refractivity contribution in [1.29, 1.82) is 0 Å². The van der Waals surface area contributed by atoms with E-state index in [0.717, 1.165) is 12.1 Å². The summed E-state index contributed by atoms with van der Waals surface area (Å²) in [6.45, 7) is 5.32. The fraction of sp³-hybridized carbons (Fsp3) is 0.273. The van der Waals surface area contributed by atoms with Crippen LogP contribution in [0.4, 0.5) is 17.6 Å². The van der Waals surface area contributed by atoms with Gasteiger partial charge in [-0.1, -0.05) is 13.5 Å². The maximum absolute atomic E-state index is 12.9. The molecule has 0 aliphatic heterocycles. The Morgan fingerprint density at radius 2 is 1.87 bits per heavy atom. The second-order valence-corrected chi connectivity index (χ2v) is 3.18. The van der Waals surface area contributed by atoms with Gasteiger partial charge in [0.05, 0.1) is 5.56 Å². The van der Waals surface area contributed by atoms with Crippen LogP contribution in [-0.2, 0) is 6.18 Å². The molecule has 0 aliphatic rings. The van der Waals surface area contributed by atoms with Crippen LogP contribution in [-0.4, -0.2) is 0 Å². The first-order chi connectivity index (χ1) is 6.84. The normalized spacial score (nSPS) is 11.5. The Morgan fingerprint density at radius 1 is 1.27 bits per heavy atom. The molecule has 0 aromatic heterocycles. The largest absolute Gasteiger partial charge is 0.416 e. The molecule has 0 heterocycles. The molecular formula is C11H10F4. The zero-order valence-corrected chi connectivity index (χ0v) is 8.16. The van der Waals surface area contributed by atoms with E-state index in [1.807, 2.05) is 0 Å². The van der Waals surface area contributed by atoms with Crippen molar-refractivity contribution >= 4 is 5.57 Å². The smallest absolute Gasteiger partial charge is 0.207 e. The van der Waals surface area contributed by atoms with E-state index in [-0.39, 0.29) is 5.56 Å². The van der Waals surface area contributed by atoms with Gasteiger partial charge in [-0.15, -0.1) is 0 Å². The molecule has 1 aromatic carbocycles. The van der Waals surface area contributed by atoms with Crippen molar-refractivity contribution in [2.45, 2.75) is 19.5 Å². The van der Waals surface area contributed by atoms with Crippen molar-refractivity contribution in [3.63, 3.8) is 0 Å². The highest BCUT2D eigenvalue weighted by Gasteiger charge is 2.31. The van der Waals surface area contributed by atoms with Crippen LogP contribution < -0.4 is 0 Å². The molecule has 0 N–H and O–H groups in total. The summed E-state index contributed by atoms with van der Waals surface area (Å²) in [6, 6.07) is 2.45. The van der Waals surface area contributed by atoms with Gasteiger partial charge in [0, 0.05) is 0 Å². The van der Waals surface area contributed by atoms with E-state index in [2.05, 4.69) is 6.58 Å². The molecule has 0 nitrogen and oxygen atoms in total. The second-order valence-electron chi connectivity index (χ2n) is 3.18. The number of benzene rings is 1. The van der Waals surface area contributed by atoms with Crippen LogP contribution in [0.25, 0.3) is 5.57 Å². The molecule has 0 saturated heterocycles. The Hall–Kier alpha value is -1.32. The summed E-state index contributed by atoms with van der Waals surface area (Å²) in [5.41, 5.74) is -0.295. The molecule has 0 aliphatic carbocycles. The molecule has 4 heteroatoms. The minimum Gasteiger partial charge on any atom is -0.207 e. The van der Waals surface area contributed by atoms with Crippen LogP contribution in [0, 0.1) is 5.82 Å². The standard InChI is InChI=1S/C11H10F4/c1-3-7(2)8-4-9(11(13,14)15)6-10(12)5-8/h4-6H,2-3H2,1H3. The Kier molecular flexibility index (Phi) is 3.17. The van der Waals surface area contributed by atoms with Gasteiger partial charge in [-0.25, -0.2) is 4.39 Å². The van der Waals surface area contributed by atoms with Crippen LogP contribution in [0.1, 0.15) is 24.5 Å². The van der Waals surface area contributed by atoms with E-state index >= 15 is 0 Å². The van der Waals surface area contributed by atoms with Gasteiger partial charge < -0.3 is 0 Å². The van der Waals surface area contributed by atoms with Gasteiger partial charge >= 0.3 is 6.18 Å². The van der Waals surface area contributed by atoms with Crippen LogP contribution in [0.2, 0.25) is 0 Å². The van der Waals surface area contributed by atoms with E-state index in [1.165, 1.54) is 0 Å². The lowest BCUT2D eigenvalue weighted by Gasteiger charge is -2.10. The number of rotatable bonds is 2. The van der Waals surface area contributed by atoms with Gasteiger partial charge in [0.15, 0.2) is 0 Å². The Bertz CT molecular complexity index is 377. The highest BCUT2D eigenvalue weighted by Crippen LogP contribution is 2.32. The van der Waals surface area contributed by atoms with Gasteiger partial charge in [0.25, 0.3) is 0 Å². The van der Waals surface area contributed by atoms with Crippen molar-refractivity contribution in [1.82, 2.24) is 0 Å². The van der Waals surface area contributed by atoms with Crippen LogP contribution in [0.3, 0.4) is 0 Å². The molecule has 1 aromatic rings. The Morgan fingerprint density at radius 3 is 2.33 bits per heavy atom. The fourth-order valence-corrected chi connectivity index (χ4v) is 1.16. The molecule has 0 amide bonds. The van der Waals surface area contributed by atoms with Crippen molar-refractivity contribution in [3.8, 4) is 0 Å². The first kappa shape index (κ1) is 11.8. The van der Waals surface area contributed by atoms with Gasteiger partial charge in [-0.05, 0) is 35.8 Å². The third kappa shape index (κ3) is 2.81. The summed E-state index contributed by atoms with van der Waals surface area (Å²) < 4.78 is 49.9. The number of hydrogen-bond donors (Lipinski definition) is 0. The predicted octanol–water partition coefficient (Wildman–Crippen LogP) is 4.27. The average molecular weight is 218 g/mol. The van der Waals surface area contributed by atoms with Crippen molar-refractivity contribution in [2.75, 3.05) is 0 Å². The molecule has 0 spiro atoms. The molecule has 0 bridgehead atoms. The topological polar surface area (TPSA) is 0 Å². The third-order valence-corrected chi connectivity index (χ3v) is 2.06. The van der Waals surface area contributed by atoms with Crippen molar-refractivity contribution in [2.24, 2.45) is 0 Å². The van der Waals surface area contributed by atoms with E-state index < -0.39 is 17.6 Å². The number of alkyl halides is 3. The molecule has 15 heavy (non-hydrogen) atoms. The van der Waals surface area contributed by atoms with Crippen LogP contribution in [0.15, 0.2) is 24.8 Å². The van der Waals surface area contributed by atoms with E-state index in [9.17, 15) is 17.6 Å². The van der Waals surface area contributed by atoms with Crippen molar-refractivity contribution < 1.29 is 17.6 Å². The van der Waals surface area contributed by atoms with E-state index in [4.69, 9.17) is 0 Å². The molecule has 1 rings (SSSR count). The fourth-order valence-electron chi connectivity index (χ4n) is 1.16. The summed E-state index contributed by atoms with van der Waals surface area (Å²) in [5.74, 6) is -0.894. The molecule has 0 fully saturated rings. The number of halogens is 4. The first-order valence-corrected chi connectivity index (χ1v) is 4.40. The molecule has 0 unspecified atom stereocenters. The maximum Gasteiger partial charge on any atom is 0.416 e. The number of hydrogen-bond acceptors (Lipinski definition) is 0. The summed E-state index contributed by atoms with van der Waals surface area (Å²) in [4.78, 5) is 0. The zero-order chi connectivity index (χ0) is 11.6. The minimum atomic E-state index is -4.52. The Balaban J connectivity index is 3.23. The van der Waals surface area contributed by atoms with Gasteiger partial charge in [-0.2, -0.15) is 13.2 Å². The van der Waals surface area contributed by atoms with E-state index in [0.29, 0.717) is 18.1 Å². The van der Waals surface area contributed by atoms with Gasteiger partial charge in [0.1, 0.15) is 5.82 Å². The first-order valence-electron chi connectivity index (χ1n) is 4.40. The highest BCUT2D eigenvalue weighted by molar-refractivity contribution is 5.63. The monoisotopic (exact) mass is 218 g/mol. The van der Waals surface area contributed by atoms with Crippen molar-refractivity contribution in [3.05, 3.63) is 41.7 Å². The molecule has 0 radical (unpaired) electrons. The number of allylic oxidation sites excluding steroid dienone is 1. The quantitative estimate of drug-likeness (QED) is 0.650. The van der Waals surface area contributed by atoms with Crippen LogP contribution in [0.5, 0.6) is 0 Å².